The van der Waals surface area contributed by atoms with Crippen LogP contribution in [0.3, 0.4) is 0 Å². The molecular formula is C14H24IN3O2. The second kappa shape index (κ2) is 10.9. The van der Waals surface area contributed by atoms with Gasteiger partial charge in [0, 0.05) is 12.8 Å². The van der Waals surface area contributed by atoms with Crippen LogP contribution in [0.4, 0.5) is 5.69 Å². The fourth-order valence-electron chi connectivity index (χ4n) is 1.71. The Bertz CT molecular complexity index is 405. The Morgan fingerprint density at radius 3 is 2.40 bits per heavy atom. The molecule has 1 aromatic carbocycles. The average Bonchev–Trinajstić information content (AvgIpc) is 2.32. The fourth-order valence-corrected chi connectivity index (χ4v) is 1.71. The molecule has 1 rings (SSSR count). The van der Waals surface area contributed by atoms with E-state index < -0.39 is 0 Å². The molecule has 114 valence electrons. The zero-order valence-corrected chi connectivity index (χ0v) is 14.6. The van der Waals surface area contributed by atoms with Crippen molar-refractivity contribution in [3.05, 3.63) is 29.3 Å². The summed E-state index contributed by atoms with van der Waals surface area (Å²) < 4.78 is 10.2. The van der Waals surface area contributed by atoms with Crippen LogP contribution in [0.25, 0.3) is 0 Å². The smallest absolute Gasteiger partial charge is 0.193 e. The molecule has 0 aromatic heterocycles. The minimum atomic E-state index is 0. The third kappa shape index (κ3) is 8.34. The predicted octanol–water partition coefficient (Wildman–Crippen LogP) is 2.31. The van der Waals surface area contributed by atoms with Crippen molar-refractivity contribution in [2.45, 2.75) is 13.8 Å². The maximum Gasteiger partial charge on any atom is 0.193 e. The lowest BCUT2D eigenvalue weighted by Crippen LogP contribution is -2.23. The van der Waals surface area contributed by atoms with Crippen molar-refractivity contribution < 1.29 is 9.47 Å². The first kappa shape index (κ1) is 19.1. The van der Waals surface area contributed by atoms with Gasteiger partial charge in [0.2, 0.25) is 0 Å². The minimum absolute atomic E-state index is 0. The highest BCUT2D eigenvalue weighted by Crippen LogP contribution is 2.13. The van der Waals surface area contributed by atoms with Gasteiger partial charge in [-0.2, -0.15) is 0 Å². The third-order valence-corrected chi connectivity index (χ3v) is 2.44. The van der Waals surface area contributed by atoms with Crippen molar-refractivity contribution in [3.8, 4) is 0 Å². The van der Waals surface area contributed by atoms with Crippen LogP contribution in [0.2, 0.25) is 0 Å². The first-order valence-corrected chi connectivity index (χ1v) is 6.33. The van der Waals surface area contributed by atoms with Crippen molar-refractivity contribution in [2.75, 3.05) is 38.8 Å². The Hall–Kier alpha value is -0.860. The summed E-state index contributed by atoms with van der Waals surface area (Å²) in [7, 11) is 1.65. The van der Waals surface area contributed by atoms with Gasteiger partial charge in [-0.05, 0) is 37.1 Å². The van der Waals surface area contributed by atoms with E-state index in [1.807, 2.05) is 12.1 Å². The largest absolute Gasteiger partial charge is 0.382 e. The van der Waals surface area contributed by atoms with E-state index >= 15 is 0 Å². The van der Waals surface area contributed by atoms with Gasteiger partial charge in [0.05, 0.1) is 26.4 Å². The van der Waals surface area contributed by atoms with Gasteiger partial charge in [-0.15, -0.1) is 24.0 Å². The number of rotatable bonds is 7. The number of nitrogens with one attached hydrogen (secondary N) is 1. The van der Waals surface area contributed by atoms with E-state index in [0.717, 1.165) is 5.69 Å². The highest BCUT2D eigenvalue weighted by molar-refractivity contribution is 14.0. The van der Waals surface area contributed by atoms with Crippen molar-refractivity contribution >= 4 is 35.6 Å². The number of hydrogen-bond acceptors (Lipinski definition) is 3. The first-order valence-electron chi connectivity index (χ1n) is 6.33. The van der Waals surface area contributed by atoms with E-state index in [2.05, 4.69) is 30.2 Å². The maximum absolute atomic E-state index is 5.81. The summed E-state index contributed by atoms with van der Waals surface area (Å²) in [6, 6.07) is 6.18. The van der Waals surface area contributed by atoms with Crippen LogP contribution in [0.5, 0.6) is 0 Å². The number of hydrogen-bond donors (Lipinski definition) is 2. The molecule has 0 bridgehead atoms. The predicted molar refractivity (Wildman–Crippen MR) is 94.1 cm³/mol. The van der Waals surface area contributed by atoms with E-state index in [-0.39, 0.29) is 24.0 Å². The van der Waals surface area contributed by atoms with Crippen molar-refractivity contribution in [1.29, 1.82) is 0 Å². The van der Waals surface area contributed by atoms with Crippen LogP contribution in [0.1, 0.15) is 11.1 Å². The van der Waals surface area contributed by atoms with Gasteiger partial charge in [-0.25, -0.2) is 0 Å². The van der Waals surface area contributed by atoms with Gasteiger partial charge in [0.25, 0.3) is 0 Å². The minimum Gasteiger partial charge on any atom is -0.382 e. The molecule has 20 heavy (non-hydrogen) atoms. The van der Waals surface area contributed by atoms with Gasteiger partial charge >= 0.3 is 0 Å². The molecule has 0 aliphatic rings. The Labute approximate surface area is 138 Å². The molecule has 0 aliphatic carbocycles. The van der Waals surface area contributed by atoms with E-state index in [0.29, 0.717) is 32.3 Å². The molecule has 3 N–H and O–H groups in total. The Morgan fingerprint density at radius 2 is 1.80 bits per heavy atom. The Morgan fingerprint density at radius 1 is 1.15 bits per heavy atom. The molecule has 0 unspecified atom stereocenters. The molecule has 0 saturated heterocycles. The van der Waals surface area contributed by atoms with Gasteiger partial charge in [-0.1, -0.05) is 6.07 Å². The molecule has 0 atom stereocenters. The van der Waals surface area contributed by atoms with Crippen molar-refractivity contribution in [3.63, 3.8) is 0 Å². The number of nitrogens with zero attached hydrogens (tertiary/aromatic N) is 1. The topological polar surface area (TPSA) is 68.9 Å². The average molecular weight is 393 g/mol. The zero-order valence-electron chi connectivity index (χ0n) is 12.3. The number of halogens is 1. The Balaban J connectivity index is 0.00000361. The van der Waals surface area contributed by atoms with Crippen LogP contribution in [-0.2, 0) is 9.47 Å². The van der Waals surface area contributed by atoms with E-state index in [1.54, 1.807) is 7.11 Å². The Kier molecular flexibility index (Phi) is 10.4. The van der Waals surface area contributed by atoms with E-state index in [4.69, 9.17) is 15.2 Å². The fraction of sp³-hybridized carbons (Fsp3) is 0.500. The summed E-state index contributed by atoms with van der Waals surface area (Å²) >= 11 is 0. The second-order valence-corrected chi connectivity index (χ2v) is 4.37. The summed E-state index contributed by atoms with van der Waals surface area (Å²) in [6.45, 7) is 6.35. The quantitative estimate of drug-likeness (QED) is 0.323. The van der Waals surface area contributed by atoms with Crippen LogP contribution in [0, 0.1) is 13.8 Å². The highest BCUT2D eigenvalue weighted by atomic mass is 127. The van der Waals surface area contributed by atoms with Crippen LogP contribution in [0.15, 0.2) is 23.2 Å². The molecule has 0 fully saturated rings. The number of anilines is 1. The number of nitrogens with two attached hydrogens (primary N) is 1. The molecule has 0 aliphatic heterocycles. The normalized spacial score (nSPS) is 11.1. The lowest BCUT2D eigenvalue weighted by Gasteiger charge is -2.08. The molecule has 5 nitrogen and oxygen atoms in total. The van der Waals surface area contributed by atoms with Crippen LogP contribution < -0.4 is 11.1 Å². The van der Waals surface area contributed by atoms with Crippen molar-refractivity contribution in [2.24, 2.45) is 10.7 Å². The van der Waals surface area contributed by atoms with Gasteiger partial charge < -0.3 is 20.5 Å². The number of methoxy groups -OCH3 is 1. The van der Waals surface area contributed by atoms with Crippen LogP contribution in [-0.4, -0.2) is 39.4 Å². The third-order valence-electron chi connectivity index (χ3n) is 2.44. The molecule has 0 radical (unpaired) electrons. The van der Waals surface area contributed by atoms with E-state index in [1.165, 1.54) is 11.1 Å². The summed E-state index contributed by atoms with van der Waals surface area (Å²) in [6.07, 6.45) is 0. The highest BCUT2D eigenvalue weighted by Gasteiger charge is 1.97. The van der Waals surface area contributed by atoms with Gasteiger partial charge in [0.15, 0.2) is 5.96 Å². The monoisotopic (exact) mass is 393 g/mol. The summed E-state index contributed by atoms with van der Waals surface area (Å²) in [4.78, 5) is 4.19. The number of aryl methyl sites for hydroxylation is 2. The molecule has 6 heteroatoms. The van der Waals surface area contributed by atoms with Gasteiger partial charge in [0.1, 0.15) is 0 Å². The van der Waals surface area contributed by atoms with Crippen molar-refractivity contribution in [1.82, 2.24) is 0 Å². The lowest BCUT2D eigenvalue weighted by atomic mass is 10.1. The number of ether oxygens (including phenoxy) is 2. The summed E-state index contributed by atoms with van der Waals surface area (Å²) in [5, 5.41) is 3.07. The van der Waals surface area contributed by atoms with E-state index in [9.17, 15) is 0 Å². The molecule has 0 heterocycles. The molecular weight excluding hydrogens is 369 g/mol. The van der Waals surface area contributed by atoms with Gasteiger partial charge in [-0.3, -0.25) is 4.99 Å². The summed E-state index contributed by atoms with van der Waals surface area (Å²) in [5.41, 5.74) is 9.15. The molecule has 1 aromatic rings. The number of guanidine groups is 1. The van der Waals surface area contributed by atoms with Crippen LogP contribution >= 0.6 is 24.0 Å². The second-order valence-electron chi connectivity index (χ2n) is 4.37. The molecule has 0 spiro atoms. The lowest BCUT2D eigenvalue weighted by molar-refractivity contribution is 0.0748. The molecule has 0 saturated carbocycles. The number of benzene rings is 1. The first-order chi connectivity index (χ1) is 9.11. The standard InChI is InChI=1S/C14H23N3O2.HI/c1-11-8-12(2)10-13(9-11)17-14(15)16-4-5-19-7-6-18-3;/h8-10H,4-7H2,1-3H3,(H3,15,16,17);1H. The summed E-state index contributed by atoms with van der Waals surface area (Å²) in [5.74, 6) is 0.403. The SMILES string of the molecule is COCCOCCN=C(N)Nc1cc(C)cc(C)c1.I. The maximum atomic E-state index is 5.81. The zero-order chi connectivity index (χ0) is 14.1. The molecule has 0 amide bonds. The number of aliphatic imine (C=N–C) groups is 1.